The van der Waals surface area contributed by atoms with Gasteiger partial charge >= 0.3 is 5.97 Å². The molecule has 1 heterocycles. The molecule has 2 atom stereocenters. The fourth-order valence-corrected chi connectivity index (χ4v) is 1.73. The number of rotatable bonds is 5. The molecule has 5 heteroatoms. The molecule has 5 nitrogen and oxygen atoms in total. The number of carboxylic acids is 1. The largest absolute Gasteiger partial charge is 0.480 e. The topological polar surface area (TPSA) is 78.6 Å². The zero-order chi connectivity index (χ0) is 10.6. The van der Waals surface area contributed by atoms with Gasteiger partial charge in [-0.05, 0) is 26.4 Å². The second-order valence-electron chi connectivity index (χ2n) is 3.88. The average Bonchev–Trinajstić information content (AvgIpc) is 2.51. The molecule has 0 aromatic carbocycles. The van der Waals surface area contributed by atoms with Crippen LogP contribution in [0.3, 0.4) is 0 Å². The number of carbonyl (C=O) groups is 1. The summed E-state index contributed by atoms with van der Waals surface area (Å²) < 4.78 is 0. The molecule has 0 amide bonds. The summed E-state index contributed by atoms with van der Waals surface area (Å²) in [7, 11) is 2.09. The van der Waals surface area contributed by atoms with Crippen LogP contribution in [0.5, 0.6) is 0 Å². The number of aliphatic carboxylic acids is 1. The van der Waals surface area contributed by atoms with E-state index in [1.165, 1.54) is 12.8 Å². The Balaban J connectivity index is 2.11. The number of nitrogens with zero attached hydrogens (tertiary/aromatic N) is 1. The van der Waals surface area contributed by atoms with E-state index in [4.69, 9.17) is 10.8 Å². The Labute approximate surface area is 84.3 Å². The van der Waals surface area contributed by atoms with Crippen molar-refractivity contribution in [3.8, 4) is 0 Å². The van der Waals surface area contributed by atoms with Crippen molar-refractivity contribution in [1.82, 2.24) is 10.2 Å². The summed E-state index contributed by atoms with van der Waals surface area (Å²) in [5.41, 5.74) is 5.36. The molecule has 0 aromatic rings. The Morgan fingerprint density at radius 3 is 3.00 bits per heavy atom. The fraction of sp³-hybridized carbons (Fsp3) is 0.889. The first-order chi connectivity index (χ1) is 6.61. The summed E-state index contributed by atoms with van der Waals surface area (Å²) in [4.78, 5) is 12.7. The SMILES string of the molecule is CN1CCCC1CNCC(N)C(=O)O. The van der Waals surface area contributed by atoms with Crippen LogP contribution in [0.25, 0.3) is 0 Å². The Hall–Kier alpha value is -0.650. The number of hydrogen-bond acceptors (Lipinski definition) is 4. The highest BCUT2D eigenvalue weighted by molar-refractivity contribution is 5.73. The zero-order valence-electron chi connectivity index (χ0n) is 8.57. The van der Waals surface area contributed by atoms with Gasteiger partial charge in [0.05, 0.1) is 0 Å². The maximum Gasteiger partial charge on any atom is 0.321 e. The maximum absolute atomic E-state index is 10.4. The quantitative estimate of drug-likeness (QED) is 0.536. The maximum atomic E-state index is 10.4. The molecule has 1 aliphatic rings. The van der Waals surface area contributed by atoms with Crippen molar-refractivity contribution in [3.05, 3.63) is 0 Å². The standard InChI is InChI=1S/C9H19N3O2/c1-12-4-2-3-7(12)5-11-6-8(10)9(13)14/h7-8,11H,2-6,10H2,1H3,(H,13,14). The lowest BCUT2D eigenvalue weighted by Gasteiger charge is -2.20. The fourth-order valence-electron chi connectivity index (χ4n) is 1.73. The van der Waals surface area contributed by atoms with Gasteiger partial charge in [0.15, 0.2) is 0 Å². The number of carboxylic acid groups (broad SMARTS) is 1. The van der Waals surface area contributed by atoms with E-state index in [-0.39, 0.29) is 0 Å². The molecule has 0 spiro atoms. The zero-order valence-corrected chi connectivity index (χ0v) is 8.57. The van der Waals surface area contributed by atoms with Gasteiger partial charge in [0, 0.05) is 19.1 Å². The molecule has 4 N–H and O–H groups in total. The van der Waals surface area contributed by atoms with Crippen LogP contribution in [0, 0.1) is 0 Å². The lowest BCUT2D eigenvalue weighted by Crippen LogP contribution is -2.44. The van der Waals surface area contributed by atoms with E-state index in [1.807, 2.05) is 0 Å². The van der Waals surface area contributed by atoms with Crippen molar-refractivity contribution in [1.29, 1.82) is 0 Å². The van der Waals surface area contributed by atoms with Crippen LogP contribution in [0.2, 0.25) is 0 Å². The van der Waals surface area contributed by atoms with Gasteiger partial charge in [0.25, 0.3) is 0 Å². The highest BCUT2D eigenvalue weighted by Crippen LogP contribution is 2.13. The monoisotopic (exact) mass is 201 g/mol. The van der Waals surface area contributed by atoms with E-state index in [0.717, 1.165) is 13.1 Å². The van der Waals surface area contributed by atoms with Gasteiger partial charge < -0.3 is 21.1 Å². The first kappa shape index (κ1) is 11.4. The molecule has 1 rings (SSSR count). The molecule has 2 unspecified atom stereocenters. The van der Waals surface area contributed by atoms with Crippen molar-refractivity contribution in [3.63, 3.8) is 0 Å². The predicted octanol–water partition coefficient (Wildman–Crippen LogP) is -0.918. The second kappa shape index (κ2) is 5.29. The molecule has 1 aliphatic heterocycles. The second-order valence-corrected chi connectivity index (χ2v) is 3.88. The van der Waals surface area contributed by atoms with Gasteiger partial charge in [-0.3, -0.25) is 4.79 Å². The molecule has 0 bridgehead atoms. The number of nitrogens with one attached hydrogen (secondary N) is 1. The van der Waals surface area contributed by atoms with E-state index in [1.54, 1.807) is 0 Å². The van der Waals surface area contributed by atoms with Gasteiger partial charge in [0.1, 0.15) is 6.04 Å². The summed E-state index contributed by atoms with van der Waals surface area (Å²) >= 11 is 0. The molecule has 82 valence electrons. The van der Waals surface area contributed by atoms with E-state index < -0.39 is 12.0 Å². The third-order valence-corrected chi connectivity index (χ3v) is 2.73. The van der Waals surface area contributed by atoms with Crippen molar-refractivity contribution in [2.24, 2.45) is 5.73 Å². The molecule has 1 saturated heterocycles. The normalized spacial score (nSPS) is 25.1. The minimum atomic E-state index is -0.947. The minimum absolute atomic E-state index is 0.347. The number of likely N-dealkylation sites (tertiary alicyclic amines) is 1. The van der Waals surface area contributed by atoms with Crippen LogP contribution in [0.1, 0.15) is 12.8 Å². The lowest BCUT2D eigenvalue weighted by atomic mass is 10.2. The van der Waals surface area contributed by atoms with Gasteiger partial charge in [-0.15, -0.1) is 0 Å². The Morgan fingerprint density at radius 2 is 2.50 bits per heavy atom. The molecule has 1 fully saturated rings. The summed E-state index contributed by atoms with van der Waals surface area (Å²) in [5.74, 6) is -0.947. The Bertz CT molecular complexity index is 198. The first-order valence-electron chi connectivity index (χ1n) is 5.00. The summed E-state index contributed by atoms with van der Waals surface area (Å²) in [6, 6.07) is -0.252. The molecule has 0 radical (unpaired) electrons. The third-order valence-electron chi connectivity index (χ3n) is 2.73. The van der Waals surface area contributed by atoms with E-state index in [2.05, 4.69) is 17.3 Å². The van der Waals surface area contributed by atoms with Crippen LogP contribution in [0.4, 0.5) is 0 Å². The van der Waals surface area contributed by atoms with Crippen molar-refractivity contribution < 1.29 is 9.90 Å². The summed E-state index contributed by atoms with van der Waals surface area (Å²) in [5, 5.41) is 11.6. The van der Waals surface area contributed by atoms with Crippen LogP contribution in [0.15, 0.2) is 0 Å². The van der Waals surface area contributed by atoms with Crippen LogP contribution >= 0.6 is 0 Å². The molecule has 14 heavy (non-hydrogen) atoms. The molecular weight excluding hydrogens is 182 g/mol. The molecular formula is C9H19N3O2. The minimum Gasteiger partial charge on any atom is -0.480 e. The molecule has 0 saturated carbocycles. The highest BCUT2D eigenvalue weighted by atomic mass is 16.4. The van der Waals surface area contributed by atoms with E-state index in [9.17, 15) is 4.79 Å². The lowest BCUT2D eigenvalue weighted by molar-refractivity contribution is -0.138. The van der Waals surface area contributed by atoms with Crippen LogP contribution < -0.4 is 11.1 Å². The Morgan fingerprint density at radius 1 is 1.79 bits per heavy atom. The third kappa shape index (κ3) is 3.25. The summed E-state index contributed by atoms with van der Waals surface area (Å²) in [6.45, 7) is 2.31. The van der Waals surface area contributed by atoms with Gasteiger partial charge in [0.2, 0.25) is 0 Å². The van der Waals surface area contributed by atoms with E-state index in [0.29, 0.717) is 12.6 Å². The Kier molecular flexibility index (Phi) is 4.31. The van der Waals surface area contributed by atoms with Crippen molar-refractivity contribution >= 4 is 5.97 Å². The smallest absolute Gasteiger partial charge is 0.321 e. The first-order valence-corrected chi connectivity index (χ1v) is 5.00. The number of nitrogens with two attached hydrogens (primary N) is 1. The molecule has 0 aliphatic carbocycles. The number of hydrogen-bond donors (Lipinski definition) is 3. The predicted molar refractivity (Wildman–Crippen MR) is 54.1 cm³/mol. The van der Waals surface area contributed by atoms with Gasteiger partial charge in [-0.25, -0.2) is 0 Å². The van der Waals surface area contributed by atoms with Crippen LogP contribution in [-0.4, -0.2) is 54.7 Å². The van der Waals surface area contributed by atoms with E-state index >= 15 is 0 Å². The average molecular weight is 201 g/mol. The van der Waals surface area contributed by atoms with Crippen molar-refractivity contribution in [2.45, 2.75) is 24.9 Å². The van der Waals surface area contributed by atoms with Crippen molar-refractivity contribution in [2.75, 3.05) is 26.7 Å². The van der Waals surface area contributed by atoms with Crippen LogP contribution in [-0.2, 0) is 4.79 Å². The number of likely N-dealkylation sites (N-methyl/N-ethyl adjacent to an activating group) is 1. The molecule has 0 aromatic heterocycles. The van der Waals surface area contributed by atoms with Gasteiger partial charge in [-0.2, -0.15) is 0 Å². The highest BCUT2D eigenvalue weighted by Gasteiger charge is 2.20. The summed E-state index contributed by atoms with van der Waals surface area (Å²) in [6.07, 6.45) is 2.42. The van der Waals surface area contributed by atoms with Gasteiger partial charge in [-0.1, -0.05) is 0 Å².